The molecule has 0 amide bonds. The fraction of sp³-hybridized carbons (Fsp3) is 0.368. The molecule has 0 aromatic heterocycles. The Morgan fingerprint density at radius 3 is 2.70 bits per heavy atom. The minimum absolute atomic E-state index is 0.616. The molecule has 1 heterocycles. The van der Waals surface area contributed by atoms with Gasteiger partial charge in [0.1, 0.15) is 0 Å². The van der Waals surface area contributed by atoms with Crippen LogP contribution < -0.4 is 5.73 Å². The van der Waals surface area contributed by atoms with Gasteiger partial charge in [-0.25, -0.2) is 4.31 Å². The van der Waals surface area contributed by atoms with Gasteiger partial charge in [0, 0.05) is 29.8 Å². The maximum Gasteiger partial charge on any atom is 0.0303 e. The summed E-state index contributed by atoms with van der Waals surface area (Å²) in [5, 5.41) is 0. The van der Waals surface area contributed by atoms with Crippen molar-refractivity contribution in [1.82, 2.24) is 4.31 Å². The first-order chi connectivity index (χ1) is 11.3. The van der Waals surface area contributed by atoms with Crippen LogP contribution in [-0.4, -0.2) is 28.9 Å². The number of thioether (sulfide) groups is 1. The summed E-state index contributed by atoms with van der Waals surface area (Å²) in [5.41, 5.74) is 8.43. The quantitative estimate of drug-likeness (QED) is 0.622. The number of nitrogens with two attached hydrogens (primary N) is 1. The van der Waals surface area contributed by atoms with Gasteiger partial charge in [0.2, 0.25) is 0 Å². The number of hydrogen-bond acceptors (Lipinski definition) is 4. The third-order valence-corrected chi connectivity index (χ3v) is 6.50. The monoisotopic (exact) mass is 344 g/mol. The summed E-state index contributed by atoms with van der Waals surface area (Å²) in [5.74, 6) is 1.79. The highest BCUT2D eigenvalue weighted by atomic mass is 32.2. The largest absolute Gasteiger partial charge is 0.326 e. The second kappa shape index (κ2) is 8.25. The third kappa shape index (κ3) is 4.32. The van der Waals surface area contributed by atoms with E-state index in [1.165, 1.54) is 22.4 Å². The first-order valence-electron chi connectivity index (χ1n) is 8.07. The third-order valence-electron chi connectivity index (χ3n) is 4.45. The smallest absolute Gasteiger partial charge is 0.0303 e. The predicted molar refractivity (Wildman–Crippen MR) is 103 cm³/mol. The molecule has 4 heteroatoms. The topological polar surface area (TPSA) is 29.3 Å². The zero-order valence-corrected chi connectivity index (χ0v) is 15.2. The van der Waals surface area contributed by atoms with Gasteiger partial charge in [-0.3, -0.25) is 0 Å². The zero-order chi connectivity index (χ0) is 16.1. The lowest BCUT2D eigenvalue weighted by Gasteiger charge is -2.20. The summed E-state index contributed by atoms with van der Waals surface area (Å²) in [7, 11) is 0. The van der Waals surface area contributed by atoms with Crippen molar-refractivity contribution >= 4 is 23.7 Å². The number of nitrogens with zero attached hydrogens (tertiary/aromatic N) is 1. The van der Waals surface area contributed by atoms with Crippen LogP contribution in [0.25, 0.3) is 0 Å². The van der Waals surface area contributed by atoms with E-state index >= 15 is 0 Å². The summed E-state index contributed by atoms with van der Waals surface area (Å²) in [6.45, 7) is 1.77. The summed E-state index contributed by atoms with van der Waals surface area (Å²) < 4.78 is 2.55. The van der Waals surface area contributed by atoms with E-state index in [0.29, 0.717) is 18.5 Å². The van der Waals surface area contributed by atoms with Crippen molar-refractivity contribution in [3.05, 3.63) is 65.7 Å². The van der Waals surface area contributed by atoms with E-state index in [4.69, 9.17) is 5.73 Å². The maximum atomic E-state index is 5.74. The molecule has 2 nitrogen and oxygen atoms in total. The van der Waals surface area contributed by atoms with Crippen LogP contribution in [0, 0.1) is 0 Å². The van der Waals surface area contributed by atoms with Gasteiger partial charge in [-0.1, -0.05) is 54.4 Å². The van der Waals surface area contributed by atoms with Gasteiger partial charge in [-0.2, -0.15) is 0 Å². The van der Waals surface area contributed by atoms with Crippen LogP contribution in [0.1, 0.15) is 23.5 Å². The van der Waals surface area contributed by atoms with Gasteiger partial charge in [-0.05, 0) is 41.9 Å². The summed E-state index contributed by atoms with van der Waals surface area (Å²) in [4.78, 5) is 1.33. The Bertz CT molecular complexity index is 618. The van der Waals surface area contributed by atoms with Crippen molar-refractivity contribution in [2.75, 3.05) is 18.6 Å². The molecule has 23 heavy (non-hydrogen) atoms. The minimum Gasteiger partial charge on any atom is -0.326 e. The van der Waals surface area contributed by atoms with Crippen LogP contribution in [0.3, 0.4) is 0 Å². The predicted octanol–water partition coefficient (Wildman–Crippen LogP) is 4.37. The Hall–Kier alpha value is -0.940. The molecule has 0 bridgehead atoms. The molecular formula is C19H24N2S2. The second-order valence-electron chi connectivity index (χ2n) is 5.94. The first kappa shape index (κ1) is 16.9. The van der Waals surface area contributed by atoms with Crippen LogP contribution in [0.2, 0.25) is 0 Å². The van der Waals surface area contributed by atoms with Gasteiger partial charge in [0.15, 0.2) is 0 Å². The van der Waals surface area contributed by atoms with Gasteiger partial charge in [-0.15, -0.1) is 11.8 Å². The van der Waals surface area contributed by atoms with E-state index in [0.717, 1.165) is 12.3 Å². The molecule has 1 aliphatic heterocycles. The van der Waals surface area contributed by atoms with Crippen LogP contribution >= 0.6 is 23.7 Å². The van der Waals surface area contributed by atoms with Crippen LogP contribution in [-0.2, 0) is 6.54 Å². The van der Waals surface area contributed by atoms with Crippen LogP contribution in [0.4, 0.5) is 0 Å². The second-order valence-corrected chi connectivity index (χ2v) is 7.87. The average Bonchev–Trinajstić information content (AvgIpc) is 3.04. The Morgan fingerprint density at radius 2 is 1.96 bits per heavy atom. The highest BCUT2D eigenvalue weighted by Crippen LogP contribution is 2.37. The van der Waals surface area contributed by atoms with Crippen molar-refractivity contribution < 1.29 is 0 Å². The Morgan fingerprint density at radius 1 is 1.13 bits per heavy atom. The van der Waals surface area contributed by atoms with E-state index in [9.17, 15) is 0 Å². The molecular weight excluding hydrogens is 320 g/mol. The van der Waals surface area contributed by atoms with Crippen LogP contribution in [0.15, 0.2) is 59.5 Å². The van der Waals surface area contributed by atoms with E-state index in [1.54, 1.807) is 0 Å². The molecule has 2 unspecified atom stereocenters. The standard InChI is InChI=1S/C19H24N2S2/c1-22-21-13-17(16-7-3-2-4-8-16)11-18(21)14-23-19-9-5-6-15(10-19)12-20/h2-10,17-18H,11-14,20H2,1H3. The van der Waals surface area contributed by atoms with Crippen molar-refractivity contribution in [3.8, 4) is 0 Å². The van der Waals surface area contributed by atoms with E-state index in [2.05, 4.69) is 65.2 Å². The fourth-order valence-electron chi connectivity index (χ4n) is 3.18. The maximum absolute atomic E-state index is 5.74. The lowest BCUT2D eigenvalue weighted by molar-refractivity contribution is 0.474. The van der Waals surface area contributed by atoms with Crippen molar-refractivity contribution in [1.29, 1.82) is 0 Å². The molecule has 1 fully saturated rings. The lowest BCUT2D eigenvalue weighted by Crippen LogP contribution is -2.24. The molecule has 2 atom stereocenters. The highest BCUT2D eigenvalue weighted by Gasteiger charge is 2.32. The number of benzene rings is 2. The summed E-state index contributed by atoms with van der Waals surface area (Å²) >= 11 is 3.83. The molecule has 0 spiro atoms. The average molecular weight is 345 g/mol. The molecule has 0 aliphatic carbocycles. The molecule has 2 N–H and O–H groups in total. The molecule has 0 radical (unpaired) electrons. The molecule has 2 aromatic rings. The van der Waals surface area contributed by atoms with Crippen molar-refractivity contribution in [3.63, 3.8) is 0 Å². The minimum atomic E-state index is 0.616. The SMILES string of the molecule is CSN1CC(c2ccccc2)CC1CSc1cccc(CN)c1. The van der Waals surface area contributed by atoms with Gasteiger partial charge in [0.25, 0.3) is 0 Å². The first-order valence-corrected chi connectivity index (χ1v) is 10.2. The zero-order valence-electron chi connectivity index (χ0n) is 13.5. The van der Waals surface area contributed by atoms with E-state index < -0.39 is 0 Å². The lowest BCUT2D eigenvalue weighted by atomic mass is 9.97. The molecule has 0 saturated carbocycles. The normalized spacial score (nSPS) is 21.7. The van der Waals surface area contributed by atoms with Gasteiger partial charge < -0.3 is 5.73 Å². The van der Waals surface area contributed by atoms with Crippen molar-refractivity contribution in [2.45, 2.75) is 29.8 Å². The Balaban J connectivity index is 1.62. The molecule has 1 aliphatic rings. The molecule has 2 aromatic carbocycles. The highest BCUT2D eigenvalue weighted by molar-refractivity contribution is 7.99. The summed E-state index contributed by atoms with van der Waals surface area (Å²) in [6.07, 6.45) is 3.44. The summed E-state index contributed by atoms with van der Waals surface area (Å²) in [6, 6.07) is 20.2. The molecule has 3 rings (SSSR count). The van der Waals surface area contributed by atoms with Crippen LogP contribution in [0.5, 0.6) is 0 Å². The molecule has 122 valence electrons. The number of hydrogen-bond donors (Lipinski definition) is 1. The van der Waals surface area contributed by atoms with Gasteiger partial charge in [0.05, 0.1) is 0 Å². The van der Waals surface area contributed by atoms with Crippen molar-refractivity contribution in [2.24, 2.45) is 5.73 Å². The van der Waals surface area contributed by atoms with E-state index in [-0.39, 0.29) is 0 Å². The Kier molecular flexibility index (Phi) is 6.06. The van der Waals surface area contributed by atoms with Gasteiger partial charge >= 0.3 is 0 Å². The fourth-order valence-corrected chi connectivity index (χ4v) is 5.18. The molecule has 1 saturated heterocycles. The Labute approximate surface area is 148 Å². The van der Waals surface area contributed by atoms with E-state index in [1.807, 2.05) is 23.7 Å². The number of rotatable bonds is 6.